The Morgan fingerprint density at radius 2 is 1.45 bits per heavy atom. The van der Waals surface area contributed by atoms with E-state index in [2.05, 4.69) is 11.9 Å². The molecule has 0 aliphatic rings. The van der Waals surface area contributed by atoms with Crippen molar-refractivity contribution in [3.8, 4) is 0 Å². The highest BCUT2D eigenvalue weighted by atomic mass is 19.2. The van der Waals surface area contributed by atoms with Crippen molar-refractivity contribution in [1.29, 1.82) is 0 Å². The number of aryl methyl sites for hydroxylation is 3. The first kappa shape index (κ1) is 14.6. The van der Waals surface area contributed by atoms with Crippen LogP contribution in [-0.2, 0) is 19.3 Å². The van der Waals surface area contributed by atoms with Gasteiger partial charge in [0, 0.05) is 5.56 Å². The van der Waals surface area contributed by atoms with Gasteiger partial charge in [0.25, 0.3) is 5.95 Å². The average molecular weight is 279 g/mol. The standard InChI is InChI=1S/C16H16F3N/c1-2-3-11-4-6-12(7-5-11)8-9-13-10-14(17)16(19)20-15(13)18/h4-7,10H,2-3,8-9H2,1H3. The average Bonchev–Trinajstić information content (AvgIpc) is 2.43. The van der Waals surface area contributed by atoms with Crippen LogP contribution in [0.15, 0.2) is 30.3 Å². The number of nitrogens with zero attached hydrogens (tertiary/aromatic N) is 1. The smallest absolute Gasteiger partial charge is 0.202 e. The third-order valence-corrected chi connectivity index (χ3v) is 3.20. The van der Waals surface area contributed by atoms with Gasteiger partial charge in [-0.3, -0.25) is 0 Å². The van der Waals surface area contributed by atoms with Gasteiger partial charge in [0.1, 0.15) is 0 Å². The minimum atomic E-state index is -1.39. The molecule has 20 heavy (non-hydrogen) atoms. The molecule has 1 nitrogen and oxygen atoms in total. The van der Waals surface area contributed by atoms with E-state index in [1.807, 2.05) is 24.3 Å². The van der Waals surface area contributed by atoms with Crippen molar-refractivity contribution in [1.82, 2.24) is 4.98 Å². The van der Waals surface area contributed by atoms with Gasteiger partial charge in [0.05, 0.1) is 0 Å². The third kappa shape index (κ3) is 3.59. The maximum Gasteiger partial charge on any atom is 0.251 e. The maximum absolute atomic E-state index is 13.4. The zero-order chi connectivity index (χ0) is 14.5. The predicted octanol–water partition coefficient (Wildman–Crippen LogP) is 4.24. The molecule has 0 fully saturated rings. The second-order valence-corrected chi connectivity index (χ2v) is 4.78. The van der Waals surface area contributed by atoms with Crippen molar-refractivity contribution >= 4 is 0 Å². The number of halogens is 3. The predicted molar refractivity (Wildman–Crippen MR) is 72.0 cm³/mol. The lowest BCUT2D eigenvalue weighted by atomic mass is 10.0. The first-order valence-corrected chi connectivity index (χ1v) is 6.68. The molecule has 0 amide bonds. The normalized spacial score (nSPS) is 10.8. The Labute approximate surface area is 116 Å². The summed E-state index contributed by atoms with van der Waals surface area (Å²) in [6.45, 7) is 2.12. The second kappa shape index (κ2) is 6.55. The monoisotopic (exact) mass is 279 g/mol. The molecular weight excluding hydrogens is 263 g/mol. The summed E-state index contributed by atoms with van der Waals surface area (Å²) in [6, 6.07) is 8.92. The molecular formula is C16H16F3N. The summed E-state index contributed by atoms with van der Waals surface area (Å²) in [5.74, 6) is -3.44. The number of aromatic nitrogens is 1. The van der Waals surface area contributed by atoms with Crippen LogP contribution >= 0.6 is 0 Å². The summed E-state index contributed by atoms with van der Waals surface area (Å²) in [7, 11) is 0. The molecule has 0 saturated carbocycles. The molecule has 2 aromatic rings. The SMILES string of the molecule is CCCc1ccc(CCc2cc(F)c(F)nc2F)cc1. The van der Waals surface area contributed by atoms with E-state index in [1.54, 1.807) is 0 Å². The van der Waals surface area contributed by atoms with E-state index in [9.17, 15) is 13.2 Å². The van der Waals surface area contributed by atoms with Crippen LogP contribution in [-0.4, -0.2) is 4.98 Å². The van der Waals surface area contributed by atoms with Crippen molar-refractivity contribution in [2.24, 2.45) is 0 Å². The van der Waals surface area contributed by atoms with Crippen molar-refractivity contribution in [3.05, 3.63) is 64.7 Å². The Kier molecular flexibility index (Phi) is 4.77. The van der Waals surface area contributed by atoms with E-state index in [4.69, 9.17) is 0 Å². The maximum atomic E-state index is 13.4. The lowest BCUT2D eigenvalue weighted by molar-refractivity contribution is 0.441. The number of hydrogen-bond acceptors (Lipinski definition) is 1. The van der Waals surface area contributed by atoms with Gasteiger partial charge in [0.2, 0.25) is 5.95 Å². The van der Waals surface area contributed by atoms with E-state index in [-0.39, 0.29) is 5.56 Å². The Morgan fingerprint density at radius 1 is 0.850 bits per heavy atom. The third-order valence-electron chi connectivity index (χ3n) is 3.20. The number of benzene rings is 1. The molecule has 4 heteroatoms. The highest BCUT2D eigenvalue weighted by Gasteiger charge is 2.11. The summed E-state index contributed by atoms with van der Waals surface area (Å²) in [5, 5.41) is 0. The van der Waals surface area contributed by atoms with Gasteiger partial charge in [-0.05, 0) is 36.5 Å². The molecule has 0 radical (unpaired) electrons. The lowest BCUT2D eigenvalue weighted by Crippen LogP contribution is -2.02. The summed E-state index contributed by atoms with van der Waals surface area (Å²) >= 11 is 0. The molecule has 0 unspecified atom stereocenters. The summed E-state index contributed by atoms with van der Waals surface area (Å²) < 4.78 is 39.1. The van der Waals surface area contributed by atoms with Gasteiger partial charge in [-0.25, -0.2) is 4.39 Å². The summed E-state index contributed by atoms with van der Waals surface area (Å²) in [4.78, 5) is 2.92. The fraction of sp³-hybridized carbons (Fsp3) is 0.312. The van der Waals surface area contributed by atoms with Crippen LogP contribution in [0, 0.1) is 17.7 Å². The van der Waals surface area contributed by atoms with Crippen molar-refractivity contribution in [2.75, 3.05) is 0 Å². The van der Waals surface area contributed by atoms with E-state index in [0.717, 1.165) is 24.5 Å². The largest absolute Gasteiger partial charge is 0.251 e. The fourth-order valence-electron chi connectivity index (χ4n) is 2.10. The molecule has 1 heterocycles. The van der Waals surface area contributed by atoms with Crippen LogP contribution in [0.2, 0.25) is 0 Å². The quantitative estimate of drug-likeness (QED) is 0.746. The Bertz CT molecular complexity index is 579. The minimum absolute atomic E-state index is 0.0986. The Morgan fingerprint density at radius 3 is 2.05 bits per heavy atom. The second-order valence-electron chi connectivity index (χ2n) is 4.78. The lowest BCUT2D eigenvalue weighted by Gasteiger charge is -2.05. The van der Waals surface area contributed by atoms with Crippen LogP contribution in [0.5, 0.6) is 0 Å². The highest BCUT2D eigenvalue weighted by molar-refractivity contribution is 5.24. The van der Waals surface area contributed by atoms with Crippen LogP contribution < -0.4 is 0 Å². The molecule has 0 atom stereocenters. The Hall–Kier alpha value is -1.84. The topological polar surface area (TPSA) is 12.9 Å². The molecule has 0 spiro atoms. The summed E-state index contributed by atoms with van der Waals surface area (Å²) in [5.41, 5.74) is 2.40. The van der Waals surface area contributed by atoms with Crippen LogP contribution in [0.4, 0.5) is 13.2 Å². The molecule has 0 N–H and O–H groups in total. The fourth-order valence-corrected chi connectivity index (χ4v) is 2.10. The van der Waals surface area contributed by atoms with Crippen molar-refractivity contribution in [3.63, 3.8) is 0 Å². The van der Waals surface area contributed by atoms with Gasteiger partial charge >= 0.3 is 0 Å². The molecule has 0 saturated heterocycles. The molecule has 1 aromatic heterocycles. The van der Waals surface area contributed by atoms with E-state index in [1.165, 1.54) is 5.56 Å². The first-order chi connectivity index (χ1) is 9.60. The Balaban J connectivity index is 2.03. The van der Waals surface area contributed by atoms with E-state index >= 15 is 0 Å². The van der Waals surface area contributed by atoms with Crippen LogP contribution in [0.3, 0.4) is 0 Å². The first-order valence-electron chi connectivity index (χ1n) is 6.68. The number of pyridine rings is 1. The molecule has 0 bridgehead atoms. The summed E-state index contributed by atoms with van der Waals surface area (Å²) in [6.07, 6.45) is 2.98. The van der Waals surface area contributed by atoms with Crippen LogP contribution in [0.25, 0.3) is 0 Å². The molecule has 0 aliphatic heterocycles. The molecule has 106 valence electrons. The number of rotatable bonds is 5. The van der Waals surface area contributed by atoms with Gasteiger partial charge < -0.3 is 0 Å². The van der Waals surface area contributed by atoms with Gasteiger partial charge in [-0.15, -0.1) is 0 Å². The number of hydrogen-bond donors (Lipinski definition) is 0. The molecule has 0 aliphatic carbocycles. The van der Waals surface area contributed by atoms with E-state index in [0.29, 0.717) is 12.8 Å². The molecule has 1 aromatic carbocycles. The van der Waals surface area contributed by atoms with Crippen molar-refractivity contribution in [2.45, 2.75) is 32.6 Å². The van der Waals surface area contributed by atoms with Gasteiger partial charge in [0.15, 0.2) is 5.82 Å². The minimum Gasteiger partial charge on any atom is -0.202 e. The van der Waals surface area contributed by atoms with Crippen LogP contribution in [0.1, 0.15) is 30.0 Å². The van der Waals surface area contributed by atoms with Crippen molar-refractivity contribution < 1.29 is 13.2 Å². The highest BCUT2D eigenvalue weighted by Crippen LogP contribution is 2.14. The van der Waals surface area contributed by atoms with Gasteiger partial charge in [-0.2, -0.15) is 13.8 Å². The zero-order valence-electron chi connectivity index (χ0n) is 11.3. The van der Waals surface area contributed by atoms with E-state index < -0.39 is 17.7 Å². The molecule has 2 rings (SSSR count). The van der Waals surface area contributed by atoms with Gasteiger partial charge in [-0.1, -0.05) is 37.6 Å². The zero-order valence-corrected chi connectivity index (χ0v) is 11.3.